The molecular weight excluding hydrogens is 318 g/mol. The highest BCUT2D eigenvalue weighted by atomic mass is 79.9. The minimum atomic E-state index is -0.276. The Kier molecular flexibility index (Phi) is 4.06. The average molecular weight is 330 g/mol. The summed E-state index contributed by atoms with van der Waals surface area (Å²) in [5.74, 6) is -0.276. The fraction of sp³-hybridized carbons (Fsp3) is 0.0667. The van der Waals surface area contributed by atoms with E-state index in [4.69, 9.17) is 11.0 Å². The molecule has 1 amide bonds. The lowest BCUT2D eigenvalue weighted by Crippen LogP contribution is -2.14. The van der Waals surface area contributed by atoms with E-state index in [1.54, 1.807) is 36.4 Å². The summed E-state index contributed by atoms with van der Waals surface area (Å²) in [5.41, 5.74) is 8.65. The van der Waals surface area contributed by atoms with Crippen molar-refractivity contribution in [2.24, 2.45) is 0 Å². The summed E-state index contributed by atoms with van der Waals surface area (Å²) in [6.07, 6.45) is 0. The maximum Gasteiger partial charge on any atom is 0.256 e. The van der Waals surface area contributed by atoms with E-state index >= 15 is 0 Å². The number of carbonyl (C=O) groups excluding carboxylic acids is 1. The molecule has 0 fully saturated rings. The van der Waals surface area contributed by atoms with Gasteiger partial charge in [-0.15, -0.1) is 0 Å². The smallest absolute Gasteiger partial charge is 0.256 e. The average Bonchev–Trinajstić information content (AvgIpc) is 2.43. The van der Waals surface area contributed by atoms with Crippen molar-refractivity contribution < 1.29 is 4.79 Å². The number of nitrogens with one attached hydrogen (secondary N) is 1. The van der Waals surface area contributed by atoms with Gasteiger partial charge in [-0.3, -0.25) is 4.79 Å². The number of benzene rings is 2. The van der Waals surface area contributed by atoms with E-state index in [9.17, 15) is 4.79 Å². The van der Waals surface area contributed by atoms with Crippen molar-refractivity contribution in [3.8, 4) is 6.07 Å². The number of hydrogen-bond donors (Lipinski definition) is 2. The Morgan fingerprint density at radius 3 is 2.75 bits per heavy atom. The van der Waals surface area contributed by atoms with E-state index in [0.717, 1.165) is 5.56 Å². The maximum atomic E-state index is 12.3. The molecule has 0 aliphatic rings. The number of nitrogens with zero attached hydrogens (tertiary/aromatic N) is 1. The van der Waals surface area contributed by atoms with Gasteiger partial charge < -0.3 is 11.1 Å². The van der Waals surface area contributed by atoms with Crippen LogP contribution in [0.4, 0.5) is 11.4 Å². The highest BCUT2D eigenvalue weighted by Gasteiger charge is 2.12. The van der Waals surface area contributed by atoms with Gasteiger partial charge in [-0.25, -0.2) is 0 Å². The van der Waals surface area contributed by atoms with Gasteiger partial charge >= 0.3 is 0 Å². The Labute approximate surface area is 125 Å². The van der Waals surface area contributed by atoms with Crippen molar-refractivity contribution in [3.63, 3.8) is 0 Å². The van der Waals surface area contributed by atoms with Gasteiger partial charge in [0.1, 0.15) is 0 Å². The number of nitrogens with two attached hydrogens (primary N) is 1. The molecule has 2 aromatic rings. The maximum absolute atomic E-state index is 12.3. The van der Waals surface area contributed by atoms with Crippen molar-refractivity contribution in [2.75, 3.05) is 11.1 Å². The zero-order valence-corrected chi connectivity index (χ0v) is 12.4. The first-order valence-electron chi connectivity index (χ1n) is 5.88. The lowest BCUT2D eigenvalue weighted by atomic mass is 10.1. The van der Waals surface area contributed by atoms with E-state index in [-0.39, 0.29) is 5.91 Å². The summed E-state index contributed by atoms with van der Waals surface area (Å²) in [6.45, 7) is 1.87. The number of anilines is 2. The summed E-state index contributed by atoms with van der Waals surface area (Å²) >= 11 is 3.32. The highest BCUT2D eigenvalue weighted by molar-refractivity contribution is 9.10. The van der Waals surface area contributed by atoms with Gasteiger partial charge in [0.25, 0.3) is 5.91 Å². The Morgan fingerprint density at radius 1 is 1.30 bits per heavy atom. The zero-order chi connectivity index (χ0) is 14.7. The number of rotatable bonds is 2. The van der Waals surface area contributed by atoms with Gasteiger partial charge in [-0.2, -0.15) is 5.26 Å². The van der Waals surface area contributed by atoms with Gasteiger partial charge in [-0.1, -0.05) is 6.07 Å². The molecule has 0 aliphatic heterocycles. The predicted molar refractivity (Wildman–Crippen MR) is 82.4 cm³/mol. The first kappa shape index (κ1) is 14.1. The zero-order valence-electron chi connectivity index (χ0n) is 10.8. The molecule has 0 unspecified atom stereocenters. The fourth-order valence-corrected chi connectivity index (χ4v) is 2.16. The summed E-state index contributed by atoms with van der Waals surface area (Å²) in [6, 6.07) is 12.2. The standard InChI is InChI=1S/C15H12BrN3O/c1-9-2-3-10(8-17)6-14(9)19-15(20)12-7-11(18)4-5-13(12)16/h2-7H,18H2,1H3,(H,19,20). The van der Waals surface area contributed by atoms with Gasteiger partial charge in [0.05, 0.1) is 17.2 Å². The molecule has 0 heterocycles. The number of halogens is 1. The third-order valence-corrected chi connectivity index (χ3v) is 3.54. The summed E-state index contributed by atoms with van der Waals surface area (Å²) in [5, 5.41) is 11.7. The Balaban J connectivity index is 2.33. The molecule has 2 rings (SSSR count). The molecule has 0 saturated heterocycles. The van der Waals surface area contributed by atoms with Crippen LogP contribution in [0.2, 0.25) is 0 Å². The molecule has 0 aliphatic carbocycles. The third kappa shape index (κ3) is 2.98. The van der Waals surface area contributed by atoms with Crippen LogP contribution in [0, 0.1) is 18.3 Å². The number of nitrogen functional groups attached to an aromatic ring is 1. The van der Waals surface area contributed by atoms with E-state index in [2.05, 4.69) is 21.2 Å². The van der Waals surface area contributed by atoms with Crippen LogP contribution < -0.4 is 11.1 Å². The van der Waals surface area contributed by atoms with E-state index in [0.29, 0.717) is 27.0 Å². The molecule has 2 aromatic carbocycles. The monoisotopic (exact) mass is 329 g/mol. The van der Waals surface area contributed by atoms with Crippen LogP contribution in [-0.4, -0.2) is 5.91 Å². The number of aryl methyl sites for hydroxylation is 1. The summed E-state index contributed by atoms with van der Waals surface area (Å²) in [4.78, 5) is 12.3. The van der Waals surface area contributed by atoms with Crippen molar-refractivity contribution in [2.45, 2.75) is 6.92 Å². The third-order valence-electron chi connectivity index (χ3n) is 2.85. The van der Waals surface area contributed by atoms with Crippen molar-refractivity contribution in [1.29, 1.82) is 5.26 Å². The minimum absolute atomic E-state index is 0.276. The van der Waals surface area contributed by atoms with E-state index in [1.165, 1.54) is 0 Å². The van der Waals surface area contributed by atoms with Crippen LogP contribution in [-0.2, 0) is 0 Å². The van der Waals surface area contributed by atoms with Crippen LogP contribution in [0.3, 0.4) is 0 Å². The molecule has 0 bridgehead atoms. The molecule has 4 nitrogen and oxygen atoms in total. The van der Waals surface area contributed by atoms with Gasteiger partial charge in [0, 0.05) is 15.8 Å². The number of hydrogen-bond acceptors (Lipinski definition) is 3. The van der Waals surface area contributed by atoms with E-state index in [1.807, 2.05) is 13.0 Å². The SMILES string of the molecule is Cc1ccc(C#N)cc1NC(=O)c1cc(N)ccc1Br. The fourth-order valence-electron chi connectivity index (χ4n) is 1.73. The molecule has 5 heteroatoms. The molecular formula is C15H12BrN3O. The Hall–Kier alpha value is -2.32. The number of carbonyl (C=O) groups is 1. The molecule has 3 N–H and O–H groups in total. The molecule has 0 radical (unpaired) electrons. The van der Waals surface area contributed by atoms with Crippen molar-refractivity contribution >= 4 is 33.2 Å². The van der Waals surface area contributed by atoms with Crippen LogP contribution >= 0.6 is 15.9 Å². The molecule has 0 spiro atoms. The molecule has 100 valence electrons. The lowest BCUT2D eigenvalue weighted by molar-refractivity contribution is 0.102. The van der Waals surface area contributed by atoms with Crippen LogP contribution in [0.5, 0.6) is 0 Å². The van der Waals surface area contributed by atoms with Gasteiger partial charge in [0.15, 0.2) is 0 Å². The summed E-state index contributed by atoms with van der Waals surface area (Å²) < 4.78 is 0.665. The topological polar surface area (TPSA) is 78.9 Å². The number of nitriles is 1. The molecule has 0 aromatic heterocycles. The number of amides is 1. The second-order valence-electron chi connectivity index (χ2n) is 4.33. The molecule has 20 heavy (non-hydrogen) atoms. The quantitative estimate of drug-likeness (QED) is 0.828. The molecule has 0 atom stereocenters. The lowest BCUT2D eigenvalue weighted by Gasteiger charge is -2.10. The Morgan fingerprint density at radius 2 is 2.05 bits per heavy atom. The predicted octanol–water partition coefficient (Wildman–Crippen LogP) is 3.46. The van der Waals surface area contributed by atoms with Gasteiger partial charge in [0.2, 0.25) is 0 Å². The van der Waals surface area contributed by atoms with Crippen LogP contribution in [0.1, 0.15) is 21.5 Å². The second kappa shape index (κ2) is 5.76. The molecule has 0 saturated carbocycles. The van der Waals surface area contributed by atoms with Gasteiger partial charge in [-0.05, 0) is 58.7 Å². The van der Waals surface area contributed by atoms with Crippen molar-refractivity contribution in [3.05, 3.63) is 57.6 Å². The minimum Gasteiger partial charge on any atom is -0.399 e. The first-order valence-corrected chi connectivity index (χ1v) is 6.67. The van der Waals surface area contributed by atoms with Crippen LogP contribution in [0.15, 0.2) is 40.9 Å². The highest BCUT2D eigenvalue weighted by Crippen LogP contribution is 2.22. The summed E-state index contributed by atoms with van der Waals surface area (Å²) in [7, 11) is 0. The normalized spacial score (nSPS) is 9.85. The van der Waals surface area contributed by atoms with E-state index < -0.39 is 0 Å². The first-order chi connectivity index (χ1) is 9.51. The second-order valence-corrected chi connectivity index (χ2v) is 5.19. The Bertz CT molecular complexity index is 720. The largest absolute Gasteiger partial charge is 0.399 e. The van der Waals surface area contributed by atoms with Crippen molar-refractivity contribution in [1.82, 2.24) is 0 Å². The van der Waals surface area contributed by atoms with Crippen LogP contribution in [0.25, 0.3) is 0 Å².